The molecule has 1 aromatic rings. The van der Waals surface area contributed by atoms with Gasteiger partial charge in [0.1, 0.15) is 0 Å². The normalized spacial score (nSPS) is 8.33. The molecule has 2 N–H and O–H groups in total. The van der Waals surface area contributed by atoms with E-state index in [1.165, 1.54) is 18.2 Å². The van der Waals surface area contributed by atoms with E-state index in [4.69, 9.17) is 21.8 Å². The molecule has 15 heavy (non-hydrogen) atoms. The summed E-state index contributed by atoms with van der Waals surface area (Å²) in [6.45, 7) is 0. The van der Waals surface area contributed by atoms with E-state index in [2.05, 4.69) is 0 Å². The van der Waals surface area contributed by atoms with E-state index < -0.39 is 11.9 Å². The number of hydrogen-bond acceptors (Lipinski definition) is 2. The summed E-state index contributed by atoms with van der Waals surface area (Å²) in [5.41, 5.74) is -0.684. The minimum atomic E-state index is -1.34. The Bertz CT molecular complexity index is 381. The molecule has 1 rings (SSSR count). The van der Waals surface area contributed by atoms with Crippen LogP contribution in [0.1, 0.15) is 20.7 Å². The SMILES string of the molecule is O=C(O)c1cccc(Cl)c1C(=O)O.[NaH].[NaH]. The Morgan fingerprint density at radius 2 is 1.60 bits per heavy atom. The van der Waals surface area contributed by atoms with Gasteiger partial charge in [0.25, 0.3) is 0 Å². The van der Waals surface area contributed by atoms with Crippen LogP contribution in [0.4, 0.5) is 0 Å². The second-order valence-electron chi connectivity index (χ2n) is 2.27. The Labute approximate surface area is 135 Å². The summed E-state index contributed by atoms with van der Waals surface area (Å²) in [7, 11) is 0. The van der Waals surface area contributed by atoms with Crippen LogP contribution in [-0.4, -0.2) is 81.3 Å². The molecule has 0 aromatic heterocycles. The van der Waals surface area contributed by atoms with Crippen LogP contribution in [0.15, 0.2) is 18.2 Å². The zero-order chi connectivity index (χ0) is 10.0. The first-order chi connectivity index (χ1) is 6.04. The fourth-order valence-corrected chi connectivity index (χ4v) is 1.18. The first kappa shape index (κ1) is 17.8. The summed E-state index contributed by atoms with van der Waals surface area (Å²) in [4.78, 5) is 21.2. The van der Waals surface area contributed by atoms with Crippen LogP contribution >= 0.6 is 11.6 Å². The van der Waals surface area contributed by atoms with Gasteiger partial charge >= 0.3 is 71.1 Å². The third-order valence-corrected chi connectivity index (χ3v) is 1.77. The molecule has 0 amide bonds. The van der Waals surface area contributed by atoms with E-state index in [1.807, 2.05) is 0 Å². The third kappa shape index (κ3) is 4.44. The number of halogens is 1. The van der Waals surface area contributed by atoms with Crippen molar-refractivity contribution >= 4 is 82.7 Å². The molecule has 0 unspecified atom stereocenters. The molecule has 0 saturated heterocycles. The number of hydrogen-bond donors (Lipinski definition) is 2. The van der Waals surface area contributed by atoms with Crippen LogP contribution < -0.4 is 0 Å². The van der Waals surface area contributed by atoms with Gasteiger partial charge in [-0.2, -0.15) is 0 Å². The predicted octanol–water partition coefficient (Wildman–Crippen LogP) is 0.439. The summed E-state index contributed by atoms with van der Waals surface area (Å²) >= 11 is 5.52. The number of rotatable bonds is 2. The van der Waals surface area contributed by atoms with Crippen LogP contribution in [0.3, 0.4) is 0 Å². The Balaban J connectivity index is 0. The molecule has 0 saturated carbocycles. The molecule has 4 nitrogen and oxygen atoms in total. The molecule has 0 spiro atoms. The molecular formula is C8H7ClNa2O4. The molecule has 0 fully saturated rings. The molecule has 0 aliphatic carbocycles. The van der Waals surface area contributed by atoms with Crippen LogP contribution in [-0.2, 0) is 0 Å². The molecule has 0 bridgehead atoms. The molecule has 0 atom stereocenters. The minimum absolute atomic E-state index is 0. The van der Waals surface area contributed by atoms with Gasteiger partial charge in [-0.3, -0.25) is 0 Å². The predicted molar refractivity (Wildman–Crippen MR) is 59.7 cm³/mol. The zero-order valence-corrected chi connectivity index (χ0v) is 7.08. The maximum atomic E-state index is 10.6. The second kappa shape index (κ2) is 7.68. The average molecular weight is 249 g/mol. The molecule has 0 radical (unpaired) electrons. The van der Waals surface area contributed by atoms with Crippen molar-refractivity contribution in [2.75, 3.05) is 0 Å². The molecule has 0 aliphatic heterocycles. The molecule has 0 heterocycles. The summed E-state index contributed by atoms with van der Waals surface area (Å²) < 4.78 is 0. The average Bonchev–Trinajstić information content (AvgIpc) is 2.02. The van der Waals surface area contributed by atoms with Gasteiger partial charge in [-0.05, 0) is 12.1 Å². The fourth-order valence-electron chi connectivity index (χ4n) is 0.920. The van der Waals surface area contributed by atoms with E-state index in [9.17, 15) is 9.59 Å². The van der Waals surface area contributed by atoms with Gasteiger partial charge in [0.05, 0.1) is 16.1 Å². The van der Waals surface area contributed by atoms with Crippen molar-refractivity contribution < 1.29 is 19.8 Å². The third-order valence-electron chi connectivity index (χ3n) is 1.46. The first-order valence-corrected chi connectivity index (χ1v) is 3.67. The van der Waals surface area contributed by atoms with Gasteiger partial charge in [0.15, 0.2) is 0 Å². The van der Waals surface area contributed by atoms with E-state index in [0.29, 0.717) is 0 Å². The van der Waals surface area contributed by atoms with Gasteiger partial charge < -0.3 is 10.2 Å². The first-order valence-electron chi connectivity index (χ1n) is 3.29. The second-order valence-corrected chi connectivity index (χ2v) is 2.68. The van der Waals surface area contributed by atoms with Gasteiger partial charge in [-0.1, -0.05) is 17.7 Å². The number of carboxylic acids is 2. The van der Waals surface area contributed by atoms with Crippen molar-refractivity contribution in [3.63, 3.8) is 0 Å². The fraction of sp³-hybridized carbons (Fsp3) is 0. The topological polar surface area (TPSA) is 74.6 Å². The van der Waals surface area contributed by atoms with Crippen LogP contribution in [0.5, 0.6) is 0 Å². The molecule has 0 aliphatic rings. The van der Waals surface area contributed by atoms with E-state index in [0.717, 1.165) is 0 Å². The van der Waals surface area contributed by atoms with E-state index in [-0.39, 0.29) is 75.3 Å². The van der Waals surface area contributed by atoms with Crippen LogP contribution in [0.25, 0.3) is 0 Å². The van der Waals surface area contributed by atoms with Crippen LogP contribution in [0.2, 0.25) is 5.02 Å². The van der Waals surface area contributed by atoms with Gasteiger partial charge in [0.2, 0.25) is 0 Å². The van der Waals surface area contributed by atoms with Gasteiger partial charge in [-0.15, -0.1) is 0 Å². The van der Waals surface area contributed by atoms with Gasteiger partial charge in [-0.25, -0.2) is 9.59 Å². The van der Waals surface area contributed by atoms with Gasteiger partial charge in [0, 0.05) is 0 Å². The number of aromatic carboxylic acids is 2. The Hall–Kier alpha value is 0.450. The van der Waals surface area contributed by atoms with Crippen LogP contribution in [0, 0.1) is 0 Å². The zero-order valence-electron chi connectivity index (χ0n) is 6.32. The number of carbonyl (C=O) groups is 2. The Morgan fingerprint density at radius 3 is 1.93 bits per heavy atom. The molecule has 7 heteroatoms. The summed E-state index contributed by atoms with van der Waals surface area (Å²) in [6.07, 6.45) is 0. The standard InChI is InChI=1S/C8H5ClO4.2Na.2H/c9-5-3-1-2-4(7(10)11)6(5)8(12)13;;;;/h1-3H,(H,10,11)(H,12,13);;;;. The Morgan fingerprint density at radius 1 is 1.07 bits per heavy atom. The number of carboxylic acid groups (broad SMARTS) is 2. The van der Waals surface area contributed by atoms with Crippen molar-refractivity contribution in [3.05, 3.63) is 34.3 Å². The van der Waals surface area contributed by atoms with Crippen molar-refractivity contribution in [1.82, 2.24) is 0 Å². The summed E-state index contributed by atoms with van der Waals surface area (Å²) in [6, 6.07) is 3.91. The number of benzene rings is 1. The Kier molecular flexibility index (Phi) is 9.13. The van der Waals surface area contributed by atoms with Crippen molar-refractivity contribution in [2.24, 2.45) is 0 Å². The molecule has 1 aromatic carbocycles. The van der Waals surface area contributed by atoms with E-state index >= 15 is 0 Å². The summed E-state index contributed by atoms with van der Waals surface area (Å²) in [5.74, 6) is -2.65. The summed E-state index contributed by atoms with van der Waals surface area (Å²) in [5, 5.41) is 17.2. The van der Waals surface area contributed by atoms with Crippen molar-refractivity contribution in [3.8, 4) is 0 Å². The molecule has 72 valence electrons. The maximum absolute atomic E-state index is 10.6. The van der Waals surface area contributed by atoms with E-state index in [1.54, 1.807) is 0 Å². The monoisotopic (exact) mass is 248 g/mol. The van der Waals surface area contributed by atoms with Crippen molar-refractivity contribution in [2.45, 2.75) is 0 Å². The van der Waals surface area contributed by atoms with Crippen molar-refractivity contribution in [1.29, 1.82) is 0 Å². The quantitative estimate of drug-likeness (QED) is 0.745. The molecular weight excluding hydrogens is 242 g/mol.